The fourth-order valence-electron chi connectivity index (χ4n) is 2.02. The van der Waals surface area contributed by atoms with Crippen molar-refractivity contribution < 1.29 is 4.74 Å². The van der Waals surface area contributed by atoms with Gasteiger partial charge >= 0.3 is 0 Å². The first-order chi connectivity index (χ1) is 9.72. The molecule has 4 nitrogen and oxygen atoms in total. The Hall–Kier alpha value is -1.97. The van der Waals surface area contributed by atoms with E-state index in [1.54, 1.807) is 0 Å². The minimum absolute atomic E-state index is 0.240. The topological polar surface area (TPSA) is 39.1 Å². The molecule has 0 radical (unpaired) electrons. The number of hydrogen-bond donors (Lipinski definition) is 1. The maximum absolute atomic E-state index is 5.59. The molecule has 20 heavy (non-hydrogen) atoms. The van der Waals surface area contributed by atoms with E-state index in [4.69, 9.17) is 4.74 Å². The molecule has 0 saturated heterocycles. The third-order valence-electron chi connectivity index (χ3n) is 3.19. The molecule has 4 heteroatoms. The van der Waals surface area contributed by atoms with E-state index >= 15 is 0 Å². The Morgan fingerprint density at radius 1 is 1.25 bits per heavy atom. The summed E-state index contributed by atoms with van der Waals surface area (Å²) in [6.07, 6.45) is 4.91. The number of hydrogen-bond acceptors (Lipinski definition) is 3. The van der Waals surface area contributed by atoms with Gasteiger partial charge in [-0.3, -0.25) is 4.68 Å². The van der Waals surface area contributed by atoms with Crippen molar-refractivity contribution in [3.05, 3.63) is 42.2 Å². The van der Waals surface area contributed by atoms with Crippen molar-refractivity contribution in [2.45, 2.75) is 39.8 Å². The maximum Gasteiger partial charge on any atom is 0.119 e. The number of ether oxygens (including phenoxy) is 1. The second-order valence-electron chi connectivity index (χ2n) is 4.87. The zero-order valence-electron chi connectivity index (χ0n) is 12.5. The van der Waals surface area contributed by atoms with Gasteiger partial charge in [-0.1, -0.05) is 19.1 Å². The molecular weight excluding hydrogens is 250 g/mol. The molecule has 0 aliphatic rings. The summed E-state index contributed by atoms with van der Waals surface area (Å²) in [5, 5.41) is 7.71. The summed E-state index contributed by atoms with van der Waals surface area (Å²) >= 11 is 0. The van der Waals surface area contributed by atoms with Gasteiger partial charge < -0.3 is 10.1 Å². The highest BCUT2D eigenvalue weighted by Crippen LogP contribution is 2.21. The third-order valence-corrected chi connectivity index (χ3v) is 3.19. The predicted octanol–water partition coefficient (Wildman–Crippen LogP) is 3.86. The molecule has 2 aromatic rings. The quantitative estimate of drug-likeness (QED) is 0.832. The average Bonchev–Trinajstić information content (AvgIpc) is 2.93. The number of aryl methyl sites for hydroxylation is 1. The number of nitrogens with zero attached hydrogens (tertiary/aromatic N) is 2. The lowest BCUT2D eigenvalue weighted by molar-refractivity contribution is 0.317. The van der Waals surface area contributed by atoms with Crippen LogP contribution in [0.15, 0.2) is 36.7 Å². The smallest absolute Gasteiger partial charge is 0.119 e. The van der Waals surface area contributed by atoms with Crippen LogP contribution in [0.1, 0.15) is 38.8 Å². The van der Waals surface area contributed by atoms with Crippen molar-refractivity contribution in [3.63, 3.8) is 0 Å². The molecular formula is C16H23N3O. The van der Waals surface area contributed by atoms with E-state index in [-0.39, 0.29) is 6.04 Å². The third kappa shape index (κ3) is 3.76. The highest BCUT2D eigenvalue weighted by molar-refractivity contribution is 5.42. The molecule has 1 atom stereocenters. The molecule has 0 saturated carbocycles. The van der Waals surface area contributed by atoms with Gasteiger partial charge in [0.1, 0.15) is 5.75 Å². The first-order valence-corrected chi connectivity index (χ1v) is 7.24. The Morgan fingerprint density at radius 3 is 2.60 bits per heavy atom. The fraction of sp³-hybridized carbons (Fsp3) is 0.438. The lowest BCUT2D eigenvalue weighted by atomic mass is 10.1. The van der Waals surface area contributed by atoms with Crippen molar-refractivity contribution in [1.29, 1.82) is 0 Å². The van der Waals surface area contributed by atoms with Crippen molar-refractivity contribution in [1.82, 2.24) is 9.78 Å². The van der Waals surface area contributed by atoms with Crippen molar-refractivity contribution in [2.75, 3.05) is 11.9 Å². The highest BCUT2D eigenvalue weighted by atomic mass is 16.5. The lowest BCUT2D eigenvalue weighted by Crippen LogP contribution is -2.06. The van der Waals surface area contributed by atoms with Gasteiger partial charge in [0.2, 0.25) is 0 Å². The van der Waals surface area contributed by atoms with Crippen LogP contribution in [0.4, 0.5) is 5.69 Å². The van der Waals surface area contributed by atoms with Crippen molar-refractivity contribution in [3.8, 4) is 5.75 Å². The molecule has 0 aliphatic carbocycles. The van der Waals surface area contributed by atoms with Crippen LogP contribution >= 0.6 is 0 Å². The average molecular weight is 273 g/mol. The van der Waals surface area contributed by atoms with E-state index < -0.39 is 0 Å². The number of aromatic nitrogens is 2. The van der Waals surface area contributed by atoms with E-state index in [9.17, 15) is 0 Å². The summed E-state index contributed by atoms with van der Waals surface area (Å²) in [4.78, 5) is 0. The van der Waals surface area contributed by atoms with Crippen LogP contribution in [0.25, 0.3) is 0 Å². The van der Waals surface area contributed by atoms with Gasteiger partial charge in [-0.2, -0.15) is 5.10 Å². The Morgan fingerprint density at radius 2 is 2.00 bits per heavy atom. The Kier molecular flexibility index (Phi) is 5.04. The van der Waals surface area contributed by atoms with Crippen LogP contribution in [0.5, 0.6) is 5.75 Å². The van der Waals surface area contributed by atoms with Crippen LogP contribution in [0.3, 0.4) is 0 Å². The number of anilines is 1. The van der Waals surface area contributed by atoms with Crippen LogP contribution in [-0.4, -0.2) is 16.4 Å². The zero-order valence-corrected chi connectivity index (χ0v) is 12.5. The second kappa shape index (κ2) is 6.98. The summed E-state index contributed by atoms with van der Waals surface area (Å²) < 4.78 is 7.51. The SMILES string of the molecule is CCCOc1ccc(C(C)Nc2cnn(CC)c2)cc1. The molecule has 1 aromatic heterocycles. The molecule has 1 N–H and O–H groups in total. The van der Waals surface area contributed by atoms with Crippen molar-refractivity contribution >= 4 is 5.69 Å². The molecule has 1 aromatic carbocycles. The number of nitrogens with one attached hydrogen (secondary N) is 1. The molecule has 2 rings (SSSR count). The standard InChI is InChI=1S/C16H23N3O/c1-4-10-20-16-8-6-14(7-9-16)13(3)18-15-11-17-19(5-2)12-15/h6-9,11-13,18H,4-5,10H2,1-3H3. The molecule has 1 unspecified atom stereocenters. The van der Waals surface area contributed by atoms with Crippen LogP contribution in [0.2, 0.25) is 0 Å². The lowest BCUT2D eigenvalue weighted by Gasteiger charge is -2.14. The van der Waals surface area contributed by atoms with Crippen molar-refractivity contribution in [2.24, 2.45) is 0 Å². The Labute approximate surface area is 120 Å². The van der Waals surface area contributed by atoms with E-state index in [0.29, 0.717) is 0 Å². The number of rotatable bonds is 7. The molecule has 0 bridgehead atoms. The van der Waals surface area contributed by atoms with E-state index in [2.05, 4.69) is 43.3 Å². The summed E-state index contributed by atoms with van der Waals surface area (Å²) in [6.45, 7) is 7.99. The van der Waals surface area contributed by atoms with Gasteiger partial charge in [-0.15, -0.1) is 0 Å². The first kappa shape index (κ1) is 14.4. The Balaban J connectivity index is 1.96. The zero-order chi connectivity index (χ0) is 14.4. The second-order valence-corrected chi connectivity index (χ2v) is 4.87. The summed E-state index contributed by atoms with van der Waals surface area (Å²) in [6, 6.07) is 8.50. The predicted molar refractivity (Wildman–Crippen MR) is 82.2 cm³/mol. The van der Waals surface area contributed by atoms with Crippen LogP contribution in [0, 0.1) is 0 Å². The monoisotopic (exact) mass is 273 g/mol. The minimum atomic E-state index is 0.240. The normalized spacial score (nSPS) is 12.2. The summed E-state index contributed by atoms with van der Waals surface area (Å²) in [7, 11) is 0. The largest absolute Gasteiger partial charge is 0.494 e. The van der Waals surface area contributed by atoms with Crippen LogP contribution < -0.4 is 10.1 Å². The molecule has 0 spiro atoms. The van der Waals surface area contributed by atoms with Gasteiger partial charge in [0.15, 0.2) is 0 Å². The van der Waals surface area contributed by atoms with Gasteiger partial charge in [0.05, 0.1) is 18.5 Å². The van der Waals surface area contributed by atoms with Gasteiger partial charge in [0.25, 0.3) is 0 Å². The molecule has 1 heterocycles. The van der Waals surface area contributed by atoms with E-state index in [1.807, 2.05) is 29.2 Å². The van der Waals surface area contributed by atoms with E-state index in [0.717, 1.165) is 31.0 Å². The minimum Gasteiger partial charge on any atom is -0.494 e. The fourth-order valence-corrected chi connectivity index (χ4v) is 2.02. The molecule has 108 valence electrons. The molecule has 0 amide bonds. The number of benzene rings is 1. The van der Waals surface area contributed by atoms with Crippen LogP contribution in [-0.2, 0) is 6.54 Å². The first-order valence-electron chi connectivity index (χ1n) is 7.24. The molecule has 0 fully saturated rings. The van der Waals surface area contributed by atoms with Gasteiger partial charge in [0, 0.05) is 18.8 Å². The van der Waals surface area contributed by atoms with E-state index in [1.165, 1.54) is 5.56 Å². The van der Waals surface area contributed by atoms with Gasteiger partial charge in [-0.25, -0.2) is 0 Å². The Bertz CT molecular complexity index is 519. The summed E-state index contributed by atoms with van der Waals surface area (Å²) in [5.41, 5.74) is 2.28. The van der Waals surface area contributed by atoms with Gasteiger partial charge in [-0.05, 0) is 38.0 Å². The molecule has 0 aliphatic heterocycles. The summed E-state index contributed by atoms with van der Waals surface area (Å²) in [5.74, 6) is 0.932. The maximum atomic E-state index is 5.59. The highest BCUT2D eigenvalue weighted by Gasteiger charge is 2.06.